The molecule has 1 aromatic rings. The van der Waals surface area contributed by atoms with Crippen LogP contribution in [0.2, 0.25) is 0 Å². The molecule has 0 aromatic heterocycles. The highest BCUT2D eigenvalue weighted by atomic mass is 32.2. The molecule has 1 saturated heterocycles. The van der Waals surface area contributed by atoms with Gasteiger partial charge in [-0.25, -0.2) is 8.42 Å². The third-order valence-corrected chi connectivity index (χ3v) is 6.18. The van der Waals surface area contributed by atoms with Crippen molar-refractivity contribution in [3.63, 3.8) is 0 Å². The van der Waals surface area contributed by atoms with Crippen molar-refractivity contribution < 1.29 is 36.3 Å². The molecular formula is C19H24F2N2O6S. The molecule has 0 saturated carbocycles. The van der Waals surface area contributed by atoms with Gasteiger partial charge in [-0.3, -0.25) is 14.4 Å². The lowest BCUT2D eigenvalue weighted by molar-refractivity contribution is -0.151. The van der Waals surface area contributed by atoms with Crippen LogP contribution in [0.25, 0.3) is 0 Å². The first kappa shape index (κ1) is 23.7. The topological polar surface area (TPSA) is 101 Å². The van der Waals surface area contributed by atoms with E-state index in [1.165, 1.54) is 11.9 Å². The smallest absolute Gasteiger partial charge is 0.341 e. The van der Waals surface area contributed by atoms with Gasteiger partial charge in [0.05, 0.1) is 24.0 Å². The van der Waals surface area contributed by atoms with Crippen LogP contribution >= 0.6 is 0 Å². The zero-order valence-corrected chi connectivity index (χ0v) is 17.5. The van der Waals surface area contributed by atoms with Gasteiger partial charge in [0, 0.05) is 25.7 Å². The molecule has 2 amide bonds. The summed E-state index contributed by atoms with van der Waals surface area (Å²) < 4.78 is 53.1. The van der Waals surface area contributed by atoms with E-state index in [1.807, 2.05) is 0 Å². The summed E-state index contributed by atoms with van der Waals surface area (Å²) in [5.41, 5.74) is 0.0570. The second kappa shape index (κ2) is 9.96. The van der Waals surface area contributed by atoms with Crippen molar-refractivity contribution in [3.05, 3.63) is 29.8 Å². The van der Waals surface area contributed by atoms with Gasteiger partial charge in [-0.2, -0.15) is 8.78 Å². The third kappa shape index (κ3) is 5.53. The summed E-state index contributed by atoms with van der Waals surface area (Å²) in [6.07, 6.45) is 1.28. The zero-order chi connectivity index (χ0) is 22.5. The van der Waals surface area contributed by atoms with Crippen LogP contribution in [-0.4, -0.2) is 75.0 Å². The number of amides is 2. The molecule has 166 valence electrons. The highest BCUT2D eigenvalue weighted by Crippen LogP contribution is 2.20. The maximum absolute atomic E-state index is 12.6. The molecule has 1 atom stereocenters. The van der Waals surface area contributed by atoms with Crippen LogP contribution in [0.15, 0.2) is 29.2 Å². The Hall–Kier alpha value is -2.56. The van der Waals surface area contributed by atoms with Gasteiger partial charge in [0.15, 0.2) is 0 Å². The predicted octanol–water partition coefficient (Wildman–Crippen LogP) is 1.56. The van der Waals surface area contributed by atoms with Crippen LogP contribution in [0.4, 0.5) is 8.78 Å². The highest BCUT2D eigenvalue weighted by molar-refractivity contribution is 7.91. The molecule has 0 spiro atoms. The van der Waals surface area contributed by atoms with E-state index in [2.05, 4.69) is 0 Å². The zero-order valence-electron chi connectivity index (χ0n) is 16.7. The van der Waals surface area contributed by atoms with E-state index in [9.17, 15) is 31.6 Å². The average molecular weight is 446 g/mol. The van der Waals surface area contributed by atoms with Crippen molar-refractivity contribution in [1.82, 2.24) is 9.80 Å². The van der Waals surface area contributed by atoms with Crippen LogP contribution in [-0.2, 0) is 24.2 Å². The molecule has 0 N–H and O–H groups in total. The second-order valence-electron chi connectivity index (χ2n) is 6.92. The lowest BCUT2D eigenvalue weighted by Gasteiger charge is -2.32. The number of rotatable bonds is 7. The van der Waals surface area contributed by atoms with Crippen LogP contribution in [0.5, 0.6) is 0 Å². The quantitative estimate of drug-likeness (QED) is 0.589. The van der Waals surface area contributed by atoms with Gasteiger partial charge < -0.3 is 14.5 Å². The average Bonchev–Trinajstić information content (AvgIpc) is 2.73. The summed E-state index contributed by atoms with van der Waals surface area (Å²) in [6.45, 7) is 2.42. The number of piperidine rings is 1. The van der Waals surface area contributed by atoms with Gasteiger partial charge >= 0.3 is 11.7 Å². The molecule has 1 fully saturated rings. The number of esters is 1. The monoisotopic (exact) mass is 446 g/mol. The summed E-state index contributed by atoms with van der Waals surface area (Å²) in [6, 6.07) is 4.10. The summed E-state index contributed by atoms with van der Waals surface area (Å²) in [7, 11) is -3.35. The van der Waals surface area contributed by atoms with E-state index in [1.54, 1.807) is 6.92 Å². The van der Waals surface area contributed by atoms with Gasteiger partial charge in [-0.05, 0) is 44.0 Å². The lowest BCUT2D eigenvalue weighted by Crippen LogP contribution is -2.47. The number of ether oxygens (including phenoxy) is 1. The summed E-state index contributed by atoms with van der Waals surface area (Å²) >= 11 is 0. The second-order valence-corrected chi connectivity index (χ2v) is 8.84. The first-order valence-electron chi connectivity index (χ1n) is 9.40. The Morgan fingerprint density at radius 2 is 1.87 bits per heavy atom. The Morgan fingerprint density at radius 1 is 1.23 bits per heavy atom. The number of carbonyl (C=O) groups is 3. The molecule has 1 aliphatic rings. The molecule has 2 rings (SSSR count). The predicted molar refractivity (Wildman–Crippen MR) is 103 cm³/mol. The van der Waals surface area contributed by atoms with E-state index in [-0.39, 0.29) is 37.1 Å². The number of hydrogen-bond acceptors (Lipinski definition) is 6. The molecule has 0 radical (unpaired) electrons. The number of benzene rings is 1. The minimum absolute atomic E-state index is 0.0570. The molecule has 8 nitrogen and oxygen atoms in total. The molecule has 1 heterocycles. The molecule has 0 bridgehead atoms. The lowest BCUT2D eigenvalue weighted by atomic mass is 9.98. The largest absolute Gasteiger partial charge is 0.466 e. The van der Waals surface area contributed by atoms with Crippen LogP contribution in [0.3, 0.4) is 0 Å². The fourth-order valence-electron chi connectivity index (χ4n) is 3.14. The number of nitrogens with zero attached hydrogens (tertiary/aromatic N) is 2. The molecule has 1 unspecified atom stereocenters. The van der Waals surface area contributed by atoms with Gasteiger partial charge in [-0.1, -0.05) is 0 Å². The van der Waals surface area contributed by atoms with Gasteiger partial charge in [0.2, 0.25) is 15.7 Å². The van der Waals surface area contributed by atoms with Crippen LogP contribution < -0.4 is 0 Å². The van der Waals surface area contributed by atoms with Gasteiger partial charge in [0.25, 0.3) is 5.91 Å². The summed E-state index contributed by atoms with van der Waals surface area (Å²) in [4.78, 5) is 39.0. The normalized spacial score (nSPS) is 17.0. The number of likely N-dealkylation sites (tertiary alicyclic amines) is 1. The third-order valence-electron chi connectivity index (χ3n) is 4.78. The number of halogens is 2. The SMILES string of the molecule is CCOC(=O)C1CCCN(C(=O)CN(C)C(=O)c2ccc(S(=O)(=O)C(F)F)cc2)C1. The first-order valence-corrected chi connectivity index (χ1v) is 10.9. The van der Waals surface area contributed by atoms with Crippen molar-refractivity contribution in [2.75, 3.05) is 33.3 Å². The van der Waals surface area contributed by atoms with E-state index >= 15 is 0 Å². The molecule has 30 heavy (non-hydrogen) atoms. The van der Waals surface area contributed by atoms with E-state index in [0.717, 1.165) is 29.2 Å². The van der Waals surface area contributed by atoms with Crippen LogP contribution in [0.1, 0.15) is 30.1 Å². The van der Waals surface area contributed by atoms with Crippen LogP contribution in [0, 0.1) is 5.92 Å². The number of carbonyl (C=O) groups excluding carboxylic acids is 3. The summed E-state index contributed by atoms with van der Waals surface area (Å²) in [5.74, 6) is -5.20. The molecule has 1 aliphatic heterocycles. The maximum atomic E-state index is 12.6. The van der Waals surface area contributed by atoms with Gasteiger partial charge in [0.1, 0.15) is 0 Å². The number of alkyl halides is 2. The summed E-state index contributed by atoms with van der Waals surface area (Å²) in [5, 5.41) is 0. The van der Waals surface area contributed by atoms with E-state index in [0.29, 0.717) is 19.4 Å². The van der Waals surface area contributed by atoms with Gasteiger partial charge in [-0.15, -0.1) is 0 Å². The number of hydrogen-bond donors (Lipinski definition) is 0. The van der Waals surface area contributed by atoms with Crippen molar-refractivity contribution in [2.24, 2.45) is 5.92 Å². The number of likely N-dealkylation sites (N-methyl/N-ethyl adjacent to an activating group) is 1. The number of sulfone groups is 1. The minimum Gasteiger partial charge on any atom is -0.466 e. The van der Waals surface area contributed by atoms with Crippen molar-refractivity contribution >= 4 is 27.6 Å². The molecule has 1 aromatic carbocycles. The Morgan fingerprint density at radius 3 is 2.43 bits per heavy atom. The van der Waals surface area contributed by atoms with E-state index < -0.39 is 32.3 Å². The first-order chi connectivity index (χ1) is 14.1. The minimum atomic E-state index is -4.75. The Labute approximate surface area is 173 Å². The molecule has 0 aliphatic carbocycles. The Bertz CT molecular complexity index is 889. The molecular weight excluding hydrogens is 422 g/mol. The van der Waals surface area contributed by atoms with Crippen molar-refractivity contribution in [2.45, 2.75) is 30.4 Å². The van der Waals surface area contributed by atoms with Crippen molar-refractivity contribution in [1.29, 1.82) is 0 Å². The Kier molecular flexibility index (Phi) is 7.88. The van der Waals surface area contributed by atoms with Crippen molar-refractivity contribution in [3.8, 4) is 0 Å². The van der Waals surface area contributed by atoms with E-state index in [4.69, 9.17) is 4.74 Å². The Balaban J connectivity index is 2.00. The maximum Gasteiger partial charge on any atom is 0.341 e. The fourth-order valence-corrected chi connectivity index (χ4v) is 3.86. The highest BCUT2D eigenvalue weighted by Gasteiger charge is 2.30. The standard InChI is InChI=1S/C19H24F2N2O6S/c1-3-29-18(26)14-5-4-10-23(11-14)16(24)12-22(2)17(25)13-6-8-15(9-7-13)30(27,28)19(20)21/h6-9,14,19H,3-5,10-12H2,1-2H3. The molecule has 11 heteroatoms. The fraction of sp³-hybridized carbons (Fsp3) is 0.526.